The molecule has 0 aliphatic rings. The highest BCUT2D eigenvalue weighted by atomic mass is 16.2. The molecule has 2 nitrogen and oxygen atoms in total. The molecule has 0 aromatic carbocycles. The summed E-state index contributed by atoms with van der Waals surface area (Å²) < 4.78 is 0. The van der Waals surface area contributed by atoms with Gasteiger partial charge in [-0.2, -0.15) is 0 Å². The number of aliphatic hydroxyl groups excluding tert-OH is 1. The molecule has 0 aromatic rings. The molecule has 0 heterocycles. The molecule has 0 fully saturated rings. The molecule has 0 saturated heterocycles. The summed E-state index contributed by atoms with van der Waals surface area (Å²) in [5.41, 5.74) is 0. The minimum Gasteiger partial charge on any atom is -0.400 e. The van der Waals surface area contributed by atoms with Crippen LogP contribution in [0.1, 0.15) is 39.5 Å². The molecule has 0 spiro atoms. The zero-order valence-electron chi connectivity index (χ0n) is 7.18. The van der Waals surface area contributed by atoms with Crippen LogP contribution in [0.2, 0.25) is 0 Å². The molecule has 0 radical (unpaired) electrons. The van der Waals surface area contributed by atoms with Crippen molar-refractivity contribution < 1.29 is 9.90 Å². The van der Waals surface area contributed by atoms with Gasteiger partial charge in [-0.05, 0) is 13.3 Å². The fraction of sp³-hybridized carbons (Fsp3) is 0.875. The SMILES string of the molecule is CCCCCC(C)=O.CO. The zero-order chi connectivity index (χ0) is 8.41. The molecular weight excluding hydrogens is 128 g/mol. The van der Waals surface area contributed by atoms with Crippen molar-refractivity contribution in [1.29, 1.82) is 0 Å². The van der Waals surface area contributed by atoms with E-state index in [2.05, 4.69) is 6.92 Å². The highest BCUT2D eigenvalue weighted by Crippen LogP contribution is 1.98. The number of unbranched alkanes of at least 4 members (excludes halogenated alkanes) is 2. The molecule has 0 atom stereocenters. The molecule has 0 saturated carbocycles. The van der Waals surface area contributed by atoms with E-state index in [1.165, 1.54) is 12.8 Å². The van der Waals surface area contributed by atoms with E-state index in [1.807, 2.05) is 0 Å². The number of hydrogen-bond donors (Lipinski definition) is 1. The first-order valence-corrected chi connectivity index (χ1v) is 3.71. The summed E-state index contributed by atoms with van der Waals surface area (Å²) in [6, 6.07) is 0. The first-order valence-electron chi connectivity index (χ1n) is 3.71. The second kappa shape index (κ2) is 11.4. The molecule has 62 valence electrons. The second-order valence-electron chi connectivity index (χ2n) is 2.16. The van der Waals surface area contributed by atoms with E-state index in [9.17, 15) is 4.79 Å². The van der Waals surface area contributed by atoms with Gasteiger partial charge in [-0.25, -0.2) is 0 Å². The number of ketones is 1. The van der Waals surface area contributed by atoms with Crippen molar-refractivity contribution in [2.24, 2.45) is 0 Å². The van der Waals surface area contributed by atoms with Gasteiger partial charge in [-0.1, -0.05) is 19.8 Å². The lowest BCUT2D eigenvalue weighted by atomic mass is 10.2. The molecule has 1 N–H and O–H groups in total. The molecule has 10 heavy (non-hydrogen) atoms. The molecule has 0 bridgehead atoms. The van der Waals surface area contributed by atoms with Gasteiger partial charge in [0.15, 0.2) is 0 Å². The number of carbonyl (C=O) groups is 1. The molecule has 0 aromatic heterocycles. The predicted octanol–water partition coefficient (Wildman–Crippen LogP) is 1.76. The zero-order valence-corrected chi connectivity index (χ0v) is 7.18. The van der Waals surface area contributed by atoms with Gasteiger partial charge in [0.1, 0.15) is 5.78 Å². The highest BCUT2D eigenvalue weighted by Gasteiger charge is 1.89. The minimum absolute atomic E-state index is 0.318. The van der Waals surface area contributed by atoms with Crippen molar-refractivity contribution in [3.05, 3.63) is 0 Å². The Labute approximate surface area is 63.3 Å². The third-order valence-electron chi connectivity index (χ3n) is 1.13. The van der Waals surface area contributed by atoms with Crippen molar-refractivity contribution in [3.63, 3.8) is 0 Å². The van der Waals surface area contributed by atoms with E-state index < -0.39 is 0 Å². The highest BCUT2D eigenvalue weighted by molar-refractivity contribution is 5.75. The average molecular weight is 146 g/mol. The fourth-order valence-electron chi connectivity index (χ4n) is 0.624. The molecule has 0 aliphatic heterocycles. The minimum atomic E-state index is 0.318. The van der Waals surface area contributed by atoms with Crippen LogP contribution >= 0.6 is 0 Å². The van der Waals surface area contributed by atoms with E-state index in [-0.39, 0.29) is 0 Å². The van der Waals surface area contributed by atoms with E-state index in [0.717, 1.165) is 20.0 Å². The smallest absolute Gasteiger partial charge is 0.129 e. The second-order valence-corrected chi connectivity index (χ2v) is 2.16. The molecule has 2 heteroatoms. The van der Waals surface area contributed by atoms with Crippen molar-refractivity contribution in [1.82, 2.24) is 0 Å². The van der Waals surface area contributed by atoms with E-state index in [4.69, 9.17) is 5.11 Å². The average Bonchev–Trinajstić information content (AvgIpc) is 1.92. The van der Waals surface area contributed by atoms with Crippen molar-refractivity contribution in [2.75, 3.05) is 7.11 Å². The summed E-state index contributed by atoms with van der Waals surface area (Å²) in [5.74, 6) is 0.318. The van der Waals surface area contributed by atoms with Crippen LogP contribution < -0.4 is 0 Å². The maximum Gasteiger partial charge on any atom is 0.129 e. The first kappa shape index (κ1) is 12.3. The summed E-state index contributed by atoms with van der Waals surface area (Å²) in [6.07, 6.45) is 4.24. The number of carbonyl (C=O) groups excluding carboxylic acids is 1. The fourth-order valence-corrected chi connectivity index (χ4v) is 0.624. The normalized spacial score (nSPS) is 8.00. The van der Waals surface area contributed by atoms with Crippen LogP contribution in [0, 0.1) is 0 Å². The van der Waals surface area contributed by atoms with Crippen LogP contribution in [0.15, 0.2) is 0 Å². The summed E-state index contributed by atoms with van der Waals surface area (Å²) in [5, 5.41) is 7.00. The molecule has 0 aliphatic carbocycles. The van der Waals surface area contributed by atoms with Crippen LogP contribution in [-0.4, -0.2) is 18.0 Å². The quantitative estimate of drug-likeness (QED) is 0.614. The lowest BCUT2D eigenvalue weighted by molar-refractivity contribution is -0.117. The van der Waals surface area contributed by atoms with Gasteiger partial charge >= 0.3 is 0 Å². The van der Waals surface area contributed by atoms with Crippen LogP contribution in [0.5, 0.6) is 0 Å². The third-order valence-corrected chi connectivity index (χ3v) is 1.13. The first-order chi connectivity index (χ1) is 4.77. The van der Waals surface area contributed by atoms with Crippen LogP contribution in [0.25, 0.3) is 0 Å². The van der Waals surface area contributed by atoms with Gasteiger partial charge in [-0.15, -0.1) is 0 Å². The number of aliphatic hydroxyl groups is 1. The predicted molar refractivity (Wildman–Crippen MR) is 43.0 cm³/mol. The Morgan fingerprint density at radius 1 is 1.30 bits per heavy atom. The lowest BCUT2D eigenvalue weighted by Crippen LogP contribution is -1.87. The Balaban J connectivity index is 0. The van der Waals surface area contributed by atoms with Crippen LogP contribution in [0.4, 0.5) is 0 Å². The Morgan fingerprint density at radius 3 is 2.10 bits per heavy atom. The largest absolute Gasteiger partial charge is 0.400 e. The third kappa shape index (κ3) is 15.6. The summed E-state index contributed by atoms with van der Waals surface area (Å²) in [6.45, 7) is 3.79. The van der Waals surface area contributed by atoms with Gasteiger partial charge in [-0.3, -0.25) is 0 Å². The van der Waals surface area contributed by atoms with Gasteiger partial charge in [0.05, 0.1) is 0 Å². The monoisotopic (exact) mass is 146 g/mol. The van der Waals surface area contributed by atoms with Crippen LogP contribution in [0.3, 0.4) is 0 Å². The van der Waals surface area contributed by atoms with Gasteiger partial charge in [0.2, 0.25) is 0 Å². The number of Topliss-reactive ketones (excluding diaryl/α,β-unsaturated/α-hetero) is 1. The summed E-state index contributed by atoms with van der Waals surface area (Å²) in [4.78, 5) is 10.3. The topological polar surface area (TPSA) is 37.3 Å². The van der Waals surface area contributed by atoms with Gasteiger partial charge < -0.3 is 9.90 Å². The maximum absolute atomic E-state index is 10.3. The Morgan fingerprint density at radius 2 is 1.80 bits per heavy atom. The van der Waals surface area contributed by atoms with Gasteiger partial charge in [0, 0.05) is 13.5 Å². The Hall–Kier alpha value is -0.370. The maximum atomic E-state index is 10.3. The lowest BCUT2D eigenvalue weighted by Gasteiger charge is -1.90. The van der Waals surface area contributed by atoms with Crippen molar-refractivity contribution >= 4 is 5.78 Å². The number of rotatable bonds is 4. The standard InChI is InChI=1S/C7H14O.CH4O/c1-3-4-5-6-7(2)8;1-2/h3-6H2,1-2H3;2H,1H3. The van der Waals surface area contributed by atoms with Crippen molar-refractivity contribution in [3.8, 4) is 0 Å². The van der Waals surface area contributed by atoms with Gasteiger partial charge in [0.25, 0.3) is 0 Å². The van der Waals surface area contributed by atoms with E-state index in [1.54, 1.807) is 6.92 Å². The molecule has 0 rings (SSSR count). The Bertz CT molecular complexity index is 69.7. The van der Waals surface area contributed by atoms with E-state index in [0.29, 0.717) is 5.78 Å². The van der Waals surface area contributed by atoms with Crippen LogP contribution in [-0.2, 0) is 4.79 Å². The molecule has 0 unspecified atom stereocenters. The summed E-state index contributed by atoms with van der Waals surface area (Å²) in [7, 11) is 1.00. The summed E-state index contributed by atoms with van der Waals surface area (Å²) >= 11 is 0. The molecular formula is C8H18O2. The Kier molecular flexibility index (Phi) is 14.1. The van der Waals surface area contributed by atoms with E-state index >= 15 is 0 Å². The van der Waals surface area contributed by atoms with Crippen molar-refractivity contribution in [2.45, 2.75) is 39.5 Å². The molecule has 0 amide bonds. The number of hydrogen-bond acceptors (Lipinski definition) is 2.